The van der Waals surface area contributed by atoms with E-state index in [-0.39, 0.29) is 0 Å². The van der Waals surface area contributed by atoms with Crippen molar-refractivity contribution in [2.75, 3.05) is 50.6 Å². The number of rotatable bonds is 7. The van der Waals surface area contributed by atoms with Crippen molar-refractivity contribution in [2.24, 2.45) is 0 Å². The van der Waals surface area contributed by atoms with Crippen LogP contribution in [0.2, 0.25) is 0 Å². The van der Waals surface area contributed by atoms with Gasteiger partial charge in [0.05, 0.1) is 19.8 Å². The van der Waals surface area contributed by atoms with Crippen molar-refractivity contribution in [3.63, 3.8) is 0 Å². The molecule has 0 aliphatic carbocycles. The number of hydrogen-bond acceptors (Lipinski definition) is 8. The van der Waals surface area contributed by atoms with Crippen LogP contribution < -0.4 is 20.3 Å². The molecule has 2 N–H and O–H groups in total. The number of aromatic nitrogens is 2. The summed E-state index contributed by atoms with van der Waals surface area (Å²) in [5.74, 6) is 0.691. The van der Waals surface area contributed by atoms with Gasteiger partial charge in [-0.2, -0.15) is 0 Å². The minimum absolute atomic E-state index is 0.414. The summed E-state index contributed by atoms with van der Waals surface area (Å²) in [5, 5.41) is 6.60. The summed E-state index contributed by atoms with van der Waals surface area (Å²) in [5.41, 5.74) is 4.22. The molecule has 2 aromatic carbocycles. The van der Waals surface area contributed by atoms with Crippen LogP contribution in [0.5, 0.6) is 5.75 Å². The Bertz CT molecular complexity index is 1110. The van der Waals surface area contributed by atoms with Gasteiger partial charge in [-0.05, 0) is 48.0 Å². The number of carbonyl (C=O) groups is 1. The average molecular weight is 446 g/mol. The van der Waals surface area contributed by atoms with Gasteiger partial charge in [0.1, 0.15) is 5.75 Å². The van der Waals surface area contributed by atoms with Crippen LogP contribution in [-0.4, -0.2) is 56.3 Å². The number of piperazine rings is 1. The lowest BCUT2D eigenvalue weighted by molar-refractivity contribution is 0.0600. The van der Waals surface area contributed by atoms with Gasteiger partial charge in [-0.25, -0.2) is 14.8 Å². The molecular weight excluding hydrogens is 418 g/mol. The quantitative estimate of drug-likeness (QED) is 0.534. The fourth-order valence-corrected chi connectivity index (χ4v) is 3.56. The second kappa shape index (κ2) is 10.6. The van der Waals surface area contributed by atoms with E-state index in [1.807, 2.05) is 30.4 Å². The molecule has 0 unspecified atom stereocenters. The number of hydrogen-bond donors (Lipinski definition) is 2. The lowest BCUT2D eigenvalue weighted by atomic mass is 10.1. The van der Waals surface area contributed by atoms with Crippen LogP contribution in [0.1, 0.15) is 21.5 Å². The number of anilines is 3. The van der Waals surface area contributed by atoms with Gasteiger partial charge in [0.15, 0.2) is 0 Å². The summed E-state index contributed by atoms with van der Waals surface area (Å²) in [7, 11) is 2.91. The van der Waals surface area contributed by atoms with E-state index in [0.29, 0.717) is 17.3 Å². The average Bonchev–Trinajstić information content (AvgIpc) is 2.88. The van der Waals surface area contributed by atoms with Crippen molar-refractivity contribution in [1.82, 2.24) is 15.3 Å². The molecule has 1 aliphatic heterocycles. The number of ether oxygens (including phenoxy) is 2. The van der Waals surface area contributed by atoms with Crippen molar-refractivity contribution in [3.05, 3.63) is 71.5 Å². The minimum atomic E-state index is -0.414. The summed E-state index contributed by atoms with van der Waals surface area (Å²) < 4.78 is 10.1. The third-order valence-corrected chi connectivity index (χ3v) is 5.33. The van der Waals surface area contributed by atoms with E-state index in [4.69, 9.17) is 9.47 Å². The number of methoxy groups -OCH3 is 2. The summed E-state index contributed by atoms with van der Waals surface area (Å²) >= 11 is 0. The van der Waals surface area contributed by atoms with Crippen LogP contribution in [0.25, 0.3) is 12.2 Å². The summed E-state index contributed by atoms with van der Waals surface area (Å²) in [6.45, 7) is 4.06. The Hall–Kier alpha value is -3.91. The monoisotopic (exact) mass is 445 g/mol. The van der Waals surface area contributed by atoms with Gasteiger partial charge in [-0.1, -0.05) is 12.2 Å². The highest BCUT2D eigenvalue weighted by Crippen LogP contribution is 2.21. The summed E-state index contributed by atoms with van der Waals surface area (Å²) in [6.07, 6.45) is 7.22. The minimum Gasteiger partial charge on any atom is -0.497 e. The van der Waals surface area contributed by atoms with Crippen LogP contribution >= 0.6 is 0 Å². The Labute approximate surface area is 193 Å². The van der Waals surface area contributed by atoms with Crippen molar-refractivity contribution in [3.8, 4) is 5.75 Å². The topological polar surface area (TPSA) is 88.6 Å². The molecule has 1 saturated heterocycles. The van der Waals surface area contributed by atoms with Gasteiger partial charge >= 0.3 is 5.97 Å². The third-order valence-electron chi connectivity index (χ3n) is 5.33. The number of carbonyl (C=O) groups excluding carboxylic acids is 1. The predicted molar refractivity (Wildman–Crippen MR) is 130 cm³/mol. The predicted octanol–water partition coefficient (Wildman–Crippen LogP) is 3.60. The molecule has 8 nitrogen and oxygen atoms in total. The molecule has 0 spiro atoms. The van der Waals surface area contributed by atoms with Gasteiger partial charge in [-0.3, -0.25) is 0 Å². The van der Waals surface area contributed by atoms with E-state index in [0.717, 1.165) is 43.0 Å². The Balaban J connectivity index is 1.40. The number of benzene rings is 2. The highest BCUT2D eigenvalue weighted by molar-refractivity contribution is 5.91. The maximum atomic E-state index is 11.9. The first-order chi connectivity index (χ1) is 16.1. The molecular formula is C25H27N5O3. The van der Waals surface area contributed by atoms with Crippen LogP contribution in [0.15, 0.2) is 54.9 Å². The summed E-state index contributed by atoms with van der Waals surface area (Å²) in [4.78, 5) is 23.0. The largest absolute Gasteiger partial charge is 0.497 e. The van der Waals surface area contributed by atoms with E-state index < -0.39 is 5.97 Å². The van der Waals surface area contributed by atoms with Crippen molar-refractivity contribution < 1.29 is 14.3 Å². The van der Waals surface area contributed by atoms with Crippen molar-refractivity contribution in [1.29, 1.82) is 0 Å². The molecule has 0 radical (unpaired) electrons. The Morgan fingerprint density at radius 3 is 2.36 bits per heavy atom. The second-order valence-corrected chi connectivity index (χ2v) is 7.57. The van der Waals surface area contributed by atoms with E-state index in [9.17, 15) is 4.79 Å². The molecule has 0 amide bonds. The zero-order valence-corrected chi connectivity index (χ0v) is 18.7. The first kappa shape index (κ1) is 22.3. The maximum absolute atomic E-state index is 11.9. The molecule has 170 valence electrons. The van der Waals surface area contributed by atoms with E-state index >= 15 is 0 Å². The van der Waals surface area contributed by atoms with E-state index in [1.165, 1.54) is 12.8 Å². The number of nitrogens with zero attached hydrogens (tertiary/aromatic N) is 3. The van der Waals surface area contributed by atoms with Gasteiger partial charge in [0.25, 0.3) is 0 Å². The SMILES string of the molecule is COC(=O)c1cc(C=Cc2cnc(Nc3ccc(N4CCNCC4)cc3)nc2)cc(OC)c1. The van der Waals surface area contributed by atoms with Gasteiger partial charge in [-0.15, -0.1) is 0 Å². The fraction of sp³-hybridized carbons (Fsp3) is 0.240. The lowest BCUT2D eigenvalue weighted by Gasteiger charge is -2.29. The van der Waals surface area contributed by atoms with Gasteiger partial charge in [0, 0.05) is 55.5 Å². The van der Waals surface area contributed by atoms with E-state index in [2.05, 4.69) is 37.6 Å². The molecule has 3 aromatic rings. The second-order valence-electron chi connectivity index (χ2n) is 7.57. The van der Waals surface area contributed by atoms with Crippen LogP contribution in [0.4, 0.5) is 17.3 Å². The first-order valence-corrected chi connectivity index (χ1v) is 10.7. The van der Waals surface area contributed by atoms with Crippen molar-refractivity contribution >= 4 is 35.4 Å². The molecule has 33 heavy (non-hydrogen) atoms. The van der Waals surface area contributed by atoms with Crippen LogP contribution in [-0.2, 0) is 4.74 Å². The molecule has 1 fully saturated rings. The number of nitrogens with one attached hydrogen (secondary N) is 2. The maximum Gasteiger partial charge on any atom is 0.338 e. The molecule has 0 bridgehead atoms. The fourth-order valence-electron chi connectivity index (χ4n) is 3.56. The first-order valence-electron chi connectivity index (χ1n) is 10.7. The Morgan fingerprint density at radius 1 is 1.00 bits per heavy atom. The molecule has 1 aromatic heterocycles. The summed E-state index contributed by atoms with van der Waals surface area (Å²) in [6, 6.07) is 13.5. The van der Waals surface area contributed by atoms with Gasteiger partial charge < -0.3 is 25.0 Å². The zero-order valence-electron chi connectivity index (χ0n) is 18.7. The molecule has 4 rings (SSSR count). The van der Waals surface area contributed by atoms with E-state index in [1.54, 1.807) is 31.6 Å². The molecule has 2 heterocycles. The standard InChI is InChI=1S/C25H27N5O3/c1-32-23-14-18(13-20(15-23)24(31)33-2)3-4-19-16-27-25(28-17-19)29-21-5-7-22(8-6-21)30-11-9-26-10-12-30/h3-8,13-17,26H,9-12H2,1-2H3,(H,27,28,29). The molecule has 1 aliphatic rings. The normalized spacial score (nSPS) is 13.7. The highest BCUT2D eigenvalue weighted by Gasteiger charge is 2.10. The third kappa shape index (κ3) is 5.87. The van der Waals surface area contributed by atoms with Crippen LogP contribution in [0.3, 0.4) is 0 Å². The number of esters is 1. The zero-order chi connectivity index (χ0) is 23.0. The van der Waals surface area contributed by atoms with Crippen LogP contribution in [0, 0.1) is 0 Å². The molecule has 0 atom stereocenters. The molecule has 8 heteroatoms. The Morgan fingerprint density at radius 2 is 1.70 bits per heavy atom. The van der Waals surface area contributed by atoms with Gasteiger partial charge in [0.2, 0.25) is 5.95 Å². The Kier molecular flexibility index (Phi) is 7.16. The lowest BCUT2D eigenvalue weighted by Crippen LogP contribution is -2.43. The van der Waals surface area contributed by atoms with Crippen molar-refractivity contribution in [2.45, 2.75) is 0 Å². The highest BCUT2D eigenvalue weighted by atomic mass is 16.5. The smallest absolute Gasteiger partial charge is 0.338 e. The molecule has 0 saturated carbocycles.